The first-order valence-electron chi connectivity index (χ1n) is 8.10. The van der Waals surface area contributed by atoms with Crippen LogP contribution >= 0.6 is 0 Å². The molecule has 0 saturated carbocycles. The van der Waals surface area contributed by atoms with Crippen LogP contribution in [0.1, 0.15) is 18.4 Å². The van der Waals surface area contributed by atoms with Crippen LogP contribution in [0.5, 0.6) is 0 Å². The lowest BCUT2D eigenvalue weighted by Crippen LogP contribution is -2.41. The molecule has 2 aliphatic heterocycles. The van der Waals surface area contributed by atoms with Crippen LogP contribution in [0, 0.1) is 0 Å². The quantitative estimate of drug-likeness (QED) is 0.907. The van der Waals surface area contributed by atoms with E-state index >= 15 is 0 Å². The topological polar surface area (TPSA) is 53.0 Å². The second-order valence-corrected chi connectivity index (χ2v) is 6.05. The summed E-state index contributed by atoms with van der Waals surface area (Å²) in [5.41, 5.74) is 2.23. The molecule has 2 heterocycles. The Hall–Kier alpha value is -1.59. The third-order valence-electron chi connectivity index (χ3n) is 4.49. The highest BCUT2D eigenvalue weighted by Crippen LogP contribution is 2.21. The molecule has 0 radical (unpaired) electrons. The molecule has 0 aliphatic carbocycles. The fraction of sp³-hybridized carbons (Fsp3) is 0.588. The zero-order valence-corrected chi connectivity index (χ0v) is 12.9. The van der Waals surface area contributed by atoms with E-state index in [-0.39, 0.29) is 12.0 Å². The molecule has 0 atom stereocenters. The number of anilines is 1. The maximum Gasteiger partial charge on any atom is 0.227 e. The van der Waals surface area contributed by atoms with E-state index in [4.69, 9.17) is 4.74 Å². The van der Waals surface area contributed by atoms with Crippen molar-refractivity contribution in [3.63, 3.8) is 0 Å². The Bertz CT molecular complexity index is 489. The fourth-order valence-electron chi connectivity index (χ4n) is 3.05. The number of ether oxygens (including phenoxy) is 1. The first kappa shape index (κ1) is 15.3. The fourth-order valence-corrected chi connectivity index (χ4v) is 3.05. The SMILES string of the molecule is O=C(Cc1ccc(N2CCC(O)CC2)cc1)N1CCOCC1. The Morgan fingerprint density at radius 2 is 1.73 bits per heavy atom. The van der Waals surface area contributed by atoms with E-state index < -0.39 is 0 Å². The maximum atomic E-state index is 12.2. The number of hydrogen-bond acceptors (Lipinski definition) is 4. The Kier molecular flexibility index (Phi) is 4.95. The summed E-state index contributed by atoms with van der Waals surface area (Å²) in [6.07, 6.45) is 1.97. The lowest BCUT2D eigenvalue weighted by Gasteiger charge is -2.31. The maximum absolute atomic E-state index is 12.2. The zero-order chi connectivity index (χ0) is 15.4. The van der Waals surface area contributed by atoms with Crippen LogP contribution < -0.4 is 4.90 Å². The monoisotopic (exact) mass is 304 g/mol. The van der Waals surface area contributed by atoms with Gasteiger partial charge in [-0.05, 0) is 30.5 Å². The number of carbonyl (C=O) groups excluding carboxylic acids is 1. The third-order valence-corrected chi connectivity index (χ3v) is 4.49. The molecule has 0 spiro atoms. The van der Waals surface area contributed by atoms with Gasteiger partial charge < -0.3 is 19.6 Å². The molecule has 0 bridgehead atoms. The summed E-state index contributed by atoms with van der Waals surface area (Å²) >= 11 is 0. The number of piperidine rings is 1. The van der Waals surface area contributed by atoms with Crippen LogP contribution in [0.15, 0.2) is 24.3 Å². The summed E-state index contributed by atoms with van der Waals surface area (Å²) in [6.45, 7) is 4.48. The van der Waals surface area contributed by atoms with Gasteiger partial charge in [-0.15, -0.1) is 0 Å². The van der Waals surface area contributed by atoms with Crippen LogP contribution in [0.25, 0.3) is 0 Å². The molecule has 2 saturated heterocycles. The van der Waals surface area contributed by atoms with Crippen molar-refractivity contribution in [3.8, 4) is 0 Å². The number of morpholine rings is 1. The average molecular weight is 304 g/mol. The first-order chi connectivity index (χ1) is 10.7. The van der Waals surface area contributed by atoms with Crippen LogP contribution in [-0.2, 0) is 16.0 Å². The van der Waals surface area contributed by atoms with Crippen LogP contribution in [0.3, 0.4) is 0 Å². The molecule has 3 rings (SSSR count). The predicted octanol–water partition coefficient (Wildman–Crippen LogP) is 1.05. The van der Waals surface area contributed by atoms with Gasteiger partial charge in [-0.2, -0.15) is 0 Å². The molecule has 1 aromatic rings. The van der Waals surface area contributed by atoms with Crippen LogP contribution in [0.2, 0.25) is 0 Å². The highest BCUT2D eigenvalue weighted by atomic mass is 16.5. The van der Waals surface area contributed by atoms with Gasteiger partial charge in [-0.1, -0.05) is 12.1 Å². The van der Waals surface area contributed by atoms with E-state index in [9.17, 15) is 9.90 Å². The molecule has 0 unspecified atom stereocenters. The Labute approximate surface area is 131 Å². The number of amides is 1. The number of aliphatic hydroxyl groups excluding tert-OH is 1. The van der Waals surface area contributed by atoms with Crippen molar-refractivity contribution in [1.29, 1.82) is 0 Å². The minimum absolute atomic E-state index is 0.151. The normalized spacial score (nSPS) is 20.2. The predicted molar refractivity (Wildman–Crippen MR) is 85.0 cm³/mol. The number of rotatable bonds is 3. The van der Waals surface area contributed by atoms with Gasteiger partial charge in [0.1, 0.15) is 0 Å². The van der Waals surface area contributed by atoms with E-state index in [1.54, 1.807) is 0 Å². The Morgan fingerprint density at radius 3 is 2.36 bits per heavy atom. The summed E-state index contributed by atoms with van der Waals surface area (Å²) in [5, 5.41) is 9.56. The first-order valence-corrected chi connectivity index (χ1v) is 8.10. The molecular formula is C17H24N2O3. The Balaban J connectivity index is 1.56. The van der Waals surface area contributed by atoms with Gasteiger partial charge in [0, 0.05) is 31.9 Å². The van der Waals surface area contributed by atoms with Gasteiger partial charge in [0.15, 0.2) is 0 Å². The minimum Gasteiger partial charge on any atom is -0.393 e. The summed E-state index contributed by atoms with van der Waals surface area (Å²) in [7, 11) is 0. The van der Waals surface area contributed by atoms with Gasteiger partial charge in [0.2, 0.25) is 5.91 Å². The van der Waals surface area contributed by atoms with Crippen molar-refractivity contribution in [3.05, 3.63) is 29.8 Å². The Morgan fingerprint density at radius 1 is 1.09 bits per heavy atom. The van der Waals surface area contributed by atoms with Crippen molar-refractivity contribution in [2.45, 2.75) is 25.4 Å². The van der Waals surface area contributed by atoms with E-state index in [1.165, 1.54) is 5.69 Å². The summed E-state index contributed by atoms with van der Waals surface area (Å²) < 4.78 is 5.27. The summed E-state index contributed by atoms with van der Waals surface area (Å²) in [6, 6.07) is 8.25. The molecule has 5 nitrogen and oxygen atoms in total. The van der Waals surface area contributed by atoms with Crippen molar-refractivity contribution >= 4 is 11.6 Å². The lowest BCUT2D eigenvalue weighted by atomic mass is 10.1. The lowest BCUT2D eigenvalue weighted by molar-refractivity contribution is -0.134. The van der Waals surface area contributed by atoms with Gasteiger partial charge in [-0.25, -0.2) is 0 Å². The number of hydrogen-bond donors (Lipinski definition) is 1. The second-order valence-electron chi connectivity index (χ2n) is 6.05. The molecule has 2 aliphatic rings. The van der Waals surface area contributed by atoms with Gasteiger partial charge in [-0.3, -0.25) is 4.79 Å². The van der Waals surface area contributed by atoms with E-state index in [0.29, 0.717) is 32.7 Å². The van der Waals surface area contributed by atoms with Crippen molar-refractivity contribution < 1.29 is 14.6 Å². The summed E-state index contributed by atoms with van der Waals surface area (Å²) in [5.74, 6) is 0.178. The molecule has 1 amide bonds. The van der Waals surface area contributed by atoms with E-state index in [2.05, 4.69) is 17.0 Å². The van der Waals surface area contributed by atoms with Crippen LogP contribution in [-0.4, -0.2) is 61.4 Å². The van der Waals surface area contributed by atoms with Crippen LogP contribution in [0.4, 0.5) is 5.69 Å². The van der Waals surface area contributed by atoms with Gasteiger partial charge >= 0.3 is 0 Å². The highest BCUT2D eigenvalue weighted by molar-refractivity contribution is 5.79. The largest absolute Gasteiger partial charge is 0.393 e. The average Bonchev–Trinajstić information content (AvgIpc) is 2.57. The standard InChI is InChI=1S/C17H24N2O3/c20-16-5-7-18(8-6-16)15-3-1-14(2-4-15)13-17(21)19-9-11-22-12-10-19/h1-4,16,20H,5-13H2. The van der Waals surface area contributed by atoms with Crippen molar-refractivity contribution in [2.75, 3.05) is 44.3 Å². The molecular weight excluding hydrogens is 280 g/mol. The van der Waals surface area contributed by atoms with Crippen molar-refractivity contribution in [2.24, 2.45) is 0 Å². The molecule has 5 heteroatoms. The number of benzene rings is 1. The highest BCUT2D eigenvalue weighted by Gasteiger charge is 2.18. The molecule has 2 fully saturated rings. The van der Waals surface area contributed by atoms with Gasteiger partial charge in [0.05, 0.1) is 25.7 Å². The number of nitrogens with zero attached hydrogens (tertiary/aromatic N) is 2. The molecule has 22 heavy (non-hydrogen) atoms. The number of carbonyl (C=O) groups is 1. The molecule has 1 N–H and O–H groups in total. The summed E-state index contributed by atoms with van der Waals surface area (Å²) in [4.78, 5) is 16.4. The zero-order valence-electron chi connectivity index (χ0n) is 12.9. The molecule has 120 valence electrons. The number of aliphatic hydroxyl groups is 1. The minimum atomic E-state index is -0.151. The molecule has 0 aromatic heterocycles. The smallest absolute Gasteiger partial charge is 0.227 e. The van der Waals surface area contributed by atoms with E-state index in [0.717, 1.165) is 31.5 Å². The van der Waals surface area contributed by atoms with Gasteiger partial charge in [0.25, 0.3) is 0 Å². The van der Waals surface area contributed by atoms with E-state index in [1.807, 2.05) is 17.0 Å². The second kappa shape index (κ2) is 7.11. The third kappa shape index (κ3) is 3.78. The van der Waals surface area contributed by atoms with Crippen molar-refractivity contribution in [1.82, 2.24) is 4.90 Å². The molecule has 1 aromatic carbocycles.